The van der Waals surface area contributed by atoms with Gasteiger partial charge in [-0.15, -0.1) is 6.42 Å². The Bertz CT molecular complexity index is 605. The largest absolute Gasteiger partial charge is 0.289 e. The van der Waals surface area contributed by atoms with Crippen LogP contribution in [0.25, 0.3) is 5.57 Å². The molecule has 0 aliphatic heterocycles. The number of nitrogens with zero attached hydrogens (tertiary/aromatic N) is 1. The molecule has 0 radical (unpaired) electrons. The van der Waals surface area contributed by atoms with Crippen molar-refractivity contribution in [3.63, 3.8) is 0 Å². The lowest BCUT2D eigenvalue weighted by Crippen LogP contribution is -1.93. The summed E-state index contributed by atoms with van der Waals surface area (Å²) in [6, 6.07) is 8.97. The summed E-state index contributed by atoms with van der Waals surface area (Å²) in [6.45, 7) is 3.69. The topological polar surface area (TPSA) is 40.9 Å². The van der Waals surface area contributed by atoms with Gasteiger partial charge in [0, 0.05) is 16.7 Å². The summed E-state index contributed by atoms with van der Waals surface area (Å²) in [6.07, 6.45) is 5.25. The van der Waals surface area contributed by atoms with Crippen molar-refractivity contribution in [3.8, 4) is 18.4 Å². The van der Waals surface area contributed by atoms with Gasteiger partial charge in [0.2, 0.25) is 0 Å². The van der Waals surface area contributed by atoms with Gasteiger partial charge in [0.25, 0.3) is 0 Å². The Morgan fingerprint density at radius 3 is 2.50 bits per heavy atom. The molecule has 2 rings (SSSR count). The van der Waals surface area contributed by atoms with Crippen LogP contribution >= 0.6 is 0 Å². The summed E-state index contributed by atoms with van der Waals surface area (Å²) in [4.78, 5) is 11.8. The van der Waals surface area contributed by atoms with Gasteiger partial charge >= 0.3 is 0 Å². The minimum atomic E-state index is -0.159. The molecule has 0 aromatic heterocycles. The number of ketones is 1. The summed E-state index contributed by atoms with van der Waals surface area (Å²) in [5, 5.41) is 8.91. The highest BCUT2D eigenvalue weighted by atomic mass is 16.1. The maximum Gasteiger partial charge on any atom is 0.193 e. The second-order valence-corrected chi connectivity index (χ2v) is 3.36. The van der Waals surface area contributed by atoms with Crippen LogP contribution in [0.15, 0.2) is 42.0 Å². The predicted octanol–water partition coefficient (Wildman–Crippen LogP) is 2.35. The van der Waals surface area contributed by atoms with Crippen LogP contribution in [0.3, 0.4) is 0 Å². The van der Waals surface area contributed by atoms with E-state index >= 15 is 0 Å². The van der Waals surface area contributed by atoms with E-state index in [9.17, 15) is 4.79 Å². The normalized spacial score (nSPS) is 16.4. The Morgan fingerprint density at radius 2 is 1.94 bits per heavy atom. The molecule has 0 heterocycles. The fourth-order valence-electron chi connectivity index (χ4n) is 1.78. The quantitative estimate of drug-likeness (QED) is 0.370. The minimum Gasteiger partial charge on any atom is -0.289 e. The van der Waals surface area contributed by atoms with E-state index in [-0.39, 0.29) is 11.4 Å². The molecule has 1 aromatic rings. The lowest BCUT2D eigenvalue weighted by Gasteiger charge is -1.99. The molecule has 1 aromatic carbocycles. The monoisotopic (exact) mass is 205 g/mol. The van der Waals surface area contributed by atoms with E-state index in [1.54, 1.807) is 24.3 Å². The lowest BCUT2D eigenvalue weighted by molar-refractivity contribution is 0.104. The maximum absolute atomic E-state index is 11.8. The summed E-state index contributed by atoms with van der Waals surface area (Å²) in [5.41, 5.74) is 2.21. The van der Waals surface area contributed by atoms with Gasteiger partial charge in [0.15, 0.2) is 5.78 Å². The van der Waals surface area contributed by atoms with Gasteiger partial charge in [-0.25, -0.2) is 0 Å². The Balaban J connectivity index is 2.84. The highest BCUT2D eigenvalue weighted by Gasteiger charge is 2.29. The average Bonchev–Trinajstić information content (AvgIpc) is 2.57. The molecule has 16 heavy (non-hydrogen) atoms. The summed E-state index contributed by atoms with van der Waals surface area (Å²) < 4.78 is 0. The number of allylic oxidation sites excluding steroid dienone is 3. The van der Waals surface area contributed by atoms with Gasteiger partial charge in [-0.1, -0.05) is 36.8 Å². The van der Waals surface area contributed by atoms with Crippen molar-refractivity contribution in [3.05, 3.63) is 53.1 Å². The zero-order valence-corrected chi connectivity index (χ0v) is 8.45. The van der Waals surface area contributed by atoms with Crippen LogP contribution in [-0.4, -0.2) is 5.78 Å². The van der Waals surface area contributed by atoms with Crippen LogP contribution in [-0.2, 0) is 0 Å². The van der Waals surface area contributed by atoms with Gasteiger partial charge < -0.3 is 0 Å². The molecule has 1 aliphatic rings. The van der Waals surface area contributed by atoms with Gasteiger partial charge in [-0.2, -0.15) is 5.26 Å². The molecule has 74 valence electrons. The second kappa shape index (κ2) is 3.53. The Kier molecular flexibility index (Phi) is 2.20. The smallest absolute Gasteiger partial charge is 0.193 e. The van der Waals surface area contributed by atoms with E-state index in [1.165, 1.54) is 0 Å². The van der Waals surface area contributed by atoms with E-state index < -0.39 is 0 Å². The number of fused-ring (bicyclic) bond motifs is 1. The number of rotatable bonds is 0. The van der Waals surface area contributed by atoms with Crippen LogP contribution in [0.2, 0.25) is 0 Å². The van der Waals surface area contributed by atoms with Crippen LogP contribution in [0.5, 0.6) is 0 Å². The Labute approximate surface area is 93.5 Å². The number of benzene rings is 1. The first-order valence-corrected chi connectivity index (χ1v) is 4.65. The van der Waals surface area contributed by atoms with Crippen molar-refractivity contribution in [2.24, 2.45) is 0 Å². The molecule has 0 spiro atoms. The standard InChI is InChI=1S/C14H7NO/c1-3-10(8-15)13-9(2)14(16)12-7-5-4-6-11(12)13/h1,4-7H,2H2/b13-10+. The number of Topliss-reactive ketones (excluding diaryl/α,β-unsaturated/α-hetero) is 1. The Hall–Kier alpha value is -2.58. The molecule has 0 amide bonds. The van der Waals surface area contributed by atoms with E-state index in [2.05, 4.69) is 12.5 Å². The number of carbonyl (C=O) groups is 1. The first kappa shape index (κ1) is 9.96. The van der Waals surface area contributed by atoms with Crippen molar-refractivity contribution in [2.75, 3.05) is 0 Å². The van der Waals surface area contributed by atoms with E-state index in [0.29, 0.717) is 22.3 Å². The predicted molar refractivity (Wildman–Crippen MR) is 61.3 cm³/mol. The van der Waals surface area contributed by atoms with Crippen LogP contribution in [0.1, 0.15) is 15.9 Å². The van der Waals surface area contributed by atoms with Gasteiger partial charge in [-0.3, -0.25) is 4.79 Å². The SMILES string of the molecule is C#C/C(C#N)=C1/C(=C)C(=O)c2ccccc21. The Morgan fingerprint density at radius 1 is 1.31 bits per heavy atom. The molecule has 0 saturated heterocycles. The molecule has 0 saturated carbocycles. The molecule has 0 atom stereocenters. The summed E-state index contributed by atoms with van der Waals surface area (Å²) >= 11 is 0. The van der Waals surface area contributed by atoms with E-state index in [0.717, 1.165) is 0 Å². The number of hydrogen-bond acceptors (Lipinski definition) is 2. The summed E-state index contributed by atoms with van der Waals surface area (Å²) in [5.74, 6) is 2.13. The first-order valence-electron chi connectivity index (χ1n) is 4.65. The van der Waals surface area contributed by atoms with Crippen molar-refractivity contribution in [2.45, 2.75) is 0 Å². The zero-order chi connectivity index (χ0) is 11.7. The molecular weight excluding hydrogens is 198 g/mol. The number of hydrogen-bond donors (Lipinski definition) is 0. The second-order valence-electron chi connectivity index (χ2n) is 3.36. The first-order chi connectivity index (χ1) is 7.70. The van der Waals surface area contributed by atoms with E-state index in [1.807, 2.05) is 6.07 Å². The third-order valence-electron chi connectivity index (χ3n) is 2.52. The molecule has 1 aliphatic carbocycles. The van der Waals surface area contributed by atoms with Crippen LogP contribution in [0.4, 0.5) is 0 Å². The van der Waals surface area contributed by atoms with Crippen LogP contribution < -0.4 is 0 Å². The third kappa shape index (κ3) is 1.18. The molecule has 2 nitrogen and oxygen atoms in total. The van der Waals surface area contributed by atoms with Crippen molar-refractivity contribution < 1.29 is 4.79 Å². The lowest BCUT2D eigenvalue weighted by atomic mass is 10.0. The number of terminal acetylenes is 1. The van der Waals surface area contributed by atoms with E-state index in [4.69, 9.17) is 11.7 Å². The average molecular weight is 205 g/mol. The number of nitriles is 1. The van der Waals surface area contributed by atoms with Crippen molar-refractivity contribution in [1.82, 2.24) is 0 Å². The summed E-state index contributed by atoms with van der Waals surface area (Å²) in [7, 11) is 0. The molecule has 0 fully saturated rings. The maximum atomic E-state index is 11.8. The number of carbonyl (C=O) groups excluding carboxylic acids is 1. The van der Waals surface area contributed by atoms with Crippen molar-refractivity contribution in [1.29, 1.82) is 5.26 Å². The molecular formula is C14H7NO. The fraction of sp³-hybridized carbons (Fsp3) is 0. The van der Waals surface area contributed by atoms with Gasteiger partial charge in [-0.05, 0) is 5.56 Å². The molecule has 0 N–H and O–H groups in total. The van der Waals surface area contributed by atoms with Crippen molar-refractivity contribution >= 4 is 11.4 Å². The van der Waals surface area contributed by atoms with Gasteiger partial charge in [0.05, 0.1) is 0 Å². The molecule has 2 heteroatoms. The van der Waals surface area contributed by atoms with Crippen LogP contribution in [0, 0.1) is 23.7 Å². The highest BCUT2D eigenvalue weighted by Crippen LogP contribution is 2.37. The third-order valence-corrected chi connectivity index (χ3v) is 2.52. The molecule has 0 bridgehead atoms. The highest BCUT2D eigenvalue weighted by molar-refractivity contribution is 6.27. The molecule has 0 unspecified atom stereocenters. The zero-order valence-electron chi connectivity index (χ0n) is 8.45. The fourth-order valence-corrected chi connectivity index (χ4v) is 1.78. The van der Waals surface area contributed by atoms with Gasteiger partial charge in [0.1, 0.15) is 11.6 Å². The minimum absolute atomic E-state index is 0.156.